The van der Waals surface area contributed by atoms with Crippen molar-refractivity contribution >= 4 is 34.9 Å². The zero-order valence-corrected chi connectivity index (χ0v) is 12.7. The number of anilines is 1. The maximum atomic E-state index is 11.7. The van der Waals surface area contributed by atoms with Crippen LogP contribution in [0.4, 0.5) is 5.69 Å². The molecule has 2 aromatic carbocycles. The molecule has 0 aromatic heterocycles. The van der Waals surface area contributed by atoms with E-state index in [-0.39, 0.29) is 5.75 Å². The van der Waals surface area contributed by atoms with Crippen LogP contribution in [0.3, 0.4) is 0 Å². The fourth-order valence-electron chi connectivity index (χ4n) is 1.84. The molecule has 0 bridgehead atoms. The number of benzene rings is 2. The summed E-state index contributed by atoms with van der Waals surface area (Å²) in [5, 5.41) is 13.8. The summed E-state index contributed by atoms with van der Waals surface area (Å²) in [6.45, 7) is 0.304. The van der Waals surface area contributed by atoms with Crippen LogP contribution in [0.15, 0.2) is 36.4 Å². The van der Waals surface area contributed by atoms with Crippen molar-refractivity contribution in [3.05, 3.63) is 57.6 Å². The number of halogens is 2. The summed E-state index contributed by atoms with van der Waals surface area (Å²) < 4.78 is 4.72. The van der Waals surface area contributed by atoms with Gasteiger partial charge in [-0.25, -0.2) is 4.79 Å². The van der Waals surface area contributed by atoms with Crippen molar-refractivity contribution in [3.8, 4) is 5.75 Å². The zero-order chi connectivity index (χ0) is 15.4. The van der Waals surface area contributed by atoms with Gasteiger partial charge in [0.25, 0.3) is 0 Å². The van der Waals surface area contributed by atoms with Crippen LogP contribution < -0.4 is 5.32 Å². The number of methoxy groups -OCH3 is 1. The summed E-state index contributed by atoms with van der Waals surface area (Å²) in [6, 6.07) is 9.63. The highest BCUT2D eigenvalue weighted by atomic mass is 35.5. The quantitative estimate of drug-likeness (QED) is 0.831. The molecule has 0 radical (unpaired) electrons. The van der Waals surface area contributed by atoms with Crippen LogP contribution in [0.5, 0.6) is 5.75 Å². The van der Waals surface area contributed by atoms with Crippen LogP contribution in [0.25, 0.3) is 0 Å². The van der Waals surface area contributed by atoms with E-state index in [1.54, 1.807) is 24.3 Å². The van der Waals surface area contributed by atoms with Crippen LogP contribution in [0.2, 0.25) is 10.0 Å². The van der Waals surface area contributed by atoms with Crippen molar-refractivity contribution in [1.29, 1.82) is 0 Å². The highest BCUT2D eigenvalue weighted by molar-refractivity contribution is 6.31. The molecule has 2 N–H and O–H groups in total. The minimum absolute atomic E-state index is 0.125. The van der Waals surface area contributed by atoms with E-state index in [4.69, 9.17) is 27.9 Å². The predicted octanol–water partition coefficient (Wildman–Crippen LogP) is 4.10. The fourth-order valence-corrected chi connectivity index (χ4v) is 2.20. The number of phenols is 1. The van der Waals surface area contributed by atoms with E-state index < -0.39 is 5.97 Å². The van der Waals surface area contributed by atoms with Gasteiger partial charge in [0.05, 0.1) is 12.7 Å². The third kappa shape index (κ3) is 3.80. The molecule has 0 aliphatic carbocycles. The summed E-state index contributed by atoms with van der Waals surface area (Å²) in [5.74, 6) is -0.365. The molecule has 0 spiro atoms. The monoisotopic (exact) mass is 325 g/mol. The molecule has 0 aliphatic rings. The Kier molecular flexibility index (Phi) is 4.94. The molecule has 110 valence electrons. The zero-order valence-electron chi connectivity index (χ0n) is 11.2. The predicted molar refractivity (Wildman–Crippen MR) is 83.2 cm³/mol. The van der Waals surface area contributed by atoms with E-state index in [0.717, 1.165) is 0 Å². The van der Waals surface area contributed by atoms with Gasteiger partial charge in [0.1, 0.15) is 5.75 Å². The molecule has 0 saturated carbocycles. The molecule has 2 aromatic rings. The molecule has 0 heterocycles. The van der Waals surface area contributed by atoms with Gasteiger partial charge in [-0.2, -0.15) is 0 Å². The minimum Gasteiger partial charge on any atom is -0.508 e. The average molecular weight is 326 g/mol. The highest BCUT2D eigenvalue weighted by Crippen LogP contribution is 2.25. The first-order valence-corrected chi connectivity index (χ1v) is 6.86. The van der Waals surface area contributed by atoms with Crippen LogP contribution in [0, 0.1) is 0 Å². The van der Waals surface area contributed by atoms with Gasteiger partial charge in [0.15, 0.2) is 0 Å². The van der Waals surface area contributed by atoms with E-state index in [0.29, 0.717) is 33.4 Å². The number of esters is 1. The molecule has 0 saturated heterocycles. The summed E-state index contributed by atoms with van der Waals surface area (Å²) in [7, 11) is 1.30. The number of nitrogens with one attached hydrogen (secondary N) is 1. The number of hydrogen-bond donors (Lipinski definition) is 2. The van der Waals surface area contributed by atoms with Gasteiger partial charge in [-0.05, 0) is 36.4 Å². The van der Waals surface area contributed by atoms with E-state index in [9.17, 15) is 9.90 Å². The largest absolute Gasteiger partial charge is 0.508 e. The first-order valence-electron chi connectivity index (χ1n) is 6.10. The second-order valence-electron chi connectivity index (χ2n) is 4.31. The lowest BCUT2D eigenvalue weighted by atomic mass is 10.1. The van der Waals surface area contributed by atoms with Gasteiger partial charge >= 0.3 is 5.97 Å². The second kappa shape index (κ2) is 6.70. The molecule has 0 atom stereocenters. The number of carbonyl (C=O) groups is 1. The Morgan fingerprint density at radius 1 is 1.19 bits per heavy atom. The number of ether oxygens (including phenoxy) is 1. The summed E-state index contributed by atoms with van der Waals surface area (Å²) >= 11 is 11.8. The smallest absolute Gasteiger partial charge is 0.340 e. The number of hydrogen-bond acceptors (Lipinski definition) is 4. The summed E-state index contributed by atoms with van der Waals surface area (Å²) in [4.78, 5) is 11.7. The normalized spacial score (nSPS) is 10.2. The molecule has 0 fully saturated rings. The van der Waals surface area contributed by atoms with Gasteiger partial charge < -0.3 is 15.2 Å². The van der Waals surface area contributed by atoms with Crippen LogP contribution in [-0.2, 0) is 11.3 Å². The van der Waals surface area contributed by atoms with Crippen molar-refractivity contribution in [2.45, 2.75) is 6.54 Å². The Balaban J connectivity index is 2.24. The number of rotatable bonds is 4. The average Bonchev–Trinajstić information content (AvgIpc) is 2.48. The molecule has 4 nitrogen and oxygen atoms in total. The van der Waals surface area contributed by atoms with E-state index in [1.807, 2.05) is 0 Å². The summed E-state index contributed by atoms with van der Waals surface area (Å²) in [6.07, 6.45) is 0. The maximum absolute atomic E-state index is 11.7. The lowest BCUT2D eigenvalue weighted by Gasteiger charge is -2.12. The third-order valence-corrected chi connectivity index (χ3v) is 3.37. The standard InChI is InChI=1S/C15H13Cl2NO3/c1-21-15(20)12-7-11(17)2-4-13(12)18-8-9-6-10(16)3-5-14(9)19/h2-7,18-19H,8H2,1H3. The molecule has 6 heteroatoms. The second-order valence-corrected chi connectivity index (χ2v) is 5.18. The maximum Gasteiger partial charge on any atom is 0.340 e. The van der Waals surface area contributed by atoms with E-state index in [2.05, 4.69) is 5.32 Å². The van der Waals surface area contributed by atoms with Gasteiger partial charge in [-0.1, -0.05) is 23.2 Å². The van der Waals surface area contributed by atoms with Crippen molar-refractivity contribution in [3.63, 3.8) is 0 Å². The Bertz CT molecular complexity index is 674. The van der Waals surface area contributed by atoms with Crippen molar-refractivity contribution < 1.29 is 14.6 Å². The van der Waals surface area contributed by atoms with E-state index >= 15 is 0 Å². The first-order chi connectivity index (χ1) is 10.0. The Morgan fingerprint density at radius 3 is 2.57 bits per heavy atom. The number of phenolic OH excluding ortho intramolecular Hbond substituents is 1. The molecule has 0 unspecified atom stereocenters. The fraction of sp³-hybridized carbons (Fsp3) is 0.133. The van der Waals surface area contributed by atoms with E-state index in [1.165, 1.54) is 19.2 Å². The number of aromatic hydroxyl groups is 1. The van der Waals surface area contributed by atoms with Crippen LogP contribution >= 0.6 is 23.2 Å². The van der Waals surface area contributed by atoms with Crippen LogP contribution in [-0.4, -0.2) is 18.2 Å². The lowest BCUT2D eigenvalue weighted by molar-refractivity contribution is 0.0602. The van der Waals surface area contributed by atoms with Gasteiger partial charge in [0.2, 0.25) is 0 Å². The molecule has 0 amide bonds. The van der Waals surface area contributed by atoms with Crippen LogP contribution in [0.1, 0.15) is 15.9 Å². The minimum atomic E-state index is -0.490. The van der Waals surface area contributed by atoms with Gasteiger partial charge in [-0.15, -0.1) is 0 Å². The highest BCUT2D eigenvalue weighted by Gasteiger charge is 2.13. The molecule has 2 rings (SSSR count). The summed E-state index contributed by atoms with van der Waals surface area (Å²) in [5.41, 5.74) is 1.51. The van der Waals surface area contributed by atoms with Crippen molar-refractivity contribution in [2.24, 2.45) is 0 Å². The van der Waals surface area contributed by atoms with Crippen molar-refractivity contribution in [2.75, 3.05) is 12.4 Å². The Labute approximate surface area is 132 Å². The first kappa shape index (κ1) is 15.5. The molecule has 21 heavy (non-hydrogen) atoms. The molecular formula is C15H13Cl2NO3. The Morgan fingerprint density at radius 2 is 1.86 bits per heavy atom. The van der Waals surface area contributed by atoms with Crippen molar-refractivity contribution in [1.82, 2.24) is 0 Å². The molecule has 0 aliphatic heterocycles. The lowest BCUT2D eigenvalue weighted by Crippen LogP contribution is -2.08. The number of carbonyl (C=O) groups excluding carboxylic acids is 1. The van der Waals surface area contributed by atoms with Gasteiger partial charge in [-0.3, -0.25) is 0 Å². The molecular weight excluding hydrogens is 313 g/mol. The SMILES string of the molecule is COC(=O)c1cc(Cl)ccc1NCc1cc(Cl)ccc1O. The third-order valence-electron chi connectivity index (χ3n) is 2.90. The Hall–Kier alpha value is -1.91. The van der Waals surface area contributed by atoms with Gasteiger partial charge in [0, 0.05) is 27.8 Å². The topological polar surface area (TPSA) is 58.6 Å².